The number of morpholine rings is 1. The van der Waals surface area contributed by atoms with Crippen LogP contribution in [0.15, 0.2) is 5.51 Å². The summed E-state index contributed by atoms with van der Waals surface area (Å²) in [5, 5.41) is 8.85. The Bertz CT molecular complexity index is 282. The average Bonchev–Trinajstić information content (AvgIpc) is 2.71. The molecule has 0 spiro atoms. The lowest BCUT2D eigenvalue weighted by Gasteiger charge is -2.36. The number of nitrogens with zero attached hydrogens (tertiary/aromatic N) is 3. The number of ether oxygens (including phenoxy) is 1. The van der Waals surface area contributed by atoms with Crippen LogP contribution in [-0.2, 0) is 4.74 Å². The predicted octanol–water partition coefficient (Wildman–Crippen LogP) is 1.37. The van der Waals surface area contributed by atoms with Gasteiger partial charge in [-0.1, -0.05) is 11.3 Å². The van der Waals surface area contributed by atoms with Crippen molar-refractivity contribution in [1.82, 2.24) is 10.2 Å². The Kier molecular flexibility index (Phi) is 3.20. The molecular weight excluding hydrogens is 222 g/mol. The van der Waals surface area contributed by atoms with E-state index in [9.17, 15) is 0 Å². The summed E-state index contributed by atoms with van der Waals surface area (Å²) in [6, 6.07) is 0.349. The van der Waals surface area contributed by atoms with Gasteiger partial charge in [0.05, 0.1) is 24.6 Å². The van der Waals surface area contributed by atoms with E-state index in [0.717, 1.165) is 11.7 Å². The lowest BCUT2D eigenvalue weighted by Crippen LogP contribution is -2.49. The van der Waals surface area contributed by atoms with Crippen molar-refractivity contribution in [1.29, 1.82) is 0 Å². The lowest BCUT2D eigenvalue weighted by molar-refractivity contribution is 0.0364. The van der Waals surface area contributed by atoms with Crippen LogP contribution in [0.4, 0.5) is 5.13 Å². The van der Waals surface area contributed by atoms with Gasteiger partial charge in [0, 0.05) is 6.54 Å². The molecule has 0 saturated carbocycles. The molecule has 1 fully saturated rings. The van der Waals surface area contributed by atoms with Crippen molar-refractivity contribution in [3.8, 4) is 0 Å². The van der Waals surface area contributed by atoms with Crippen molar-refractivity contribution in [2.24, 2.45) is 0 Å². The fourth-order valence-corrected chi connectivity index (χ4v) is 2.33. The van der Waals surface area contributed by atoms with Crippen LogP contribution in [0, 0.1) is 0 Å². The van der Waals surface area contributed by atoms with Gasteiger partial charge < -0.3 is 9.64 Å². The van der Waals surface area contributed by atoms with Crippen molar-refractivity contribution >= 4 is 28.1 Å². The predicted molar refractivity (Wildman–Crippen MR) is 57.2 cm³/mol. The maximum atomic E-state index is 5.77. The SMILES string of the molecule is CC1COC(CCl)CN1c1nncs1. The normalized spacial score (nSPS) is 28.0. The first kappa shape index (κ1) is 10.1. The van der Waals surface area contributed by atoms with Crippen molar-refractivity contribution in [2.75, 3.05) is 23.9 Å². The fraction of sp³-hybridized carbons (Fsp3) is 0.750. The van der Waals surface area contributed by atoms with Crippen LogP contribution in [0.5, 0.6) is 0 Å². The Morgan fingerprint density at radius 1 is 1.79 bits per heavy atom. The number of halogens is 1. The summed E-state index contributed by atoms with van der Waals surface area (Å²) in [6.45, 7) is 3.63. The minimum atomic E-state index is 0.108. The summed E-state index contributed by atoms with van der Waals surface area (Å²) in [7, 11) is 0. The Morgan fingerprint density at radius 2 is 2.64 bits per heavy atom. The number of hydrogen-bond acceptors (Lipinski definition) is 5. The minimum absolute atomic E-state index is 0.108. The monoisotopic (exact) mass is 233 g/mol. The number of anilines is 1. The van der Waals surface area contributed by atoms with E-state index >= 15 is 0 Å². The molecule has 4 nitrogen and oxygen atoms in total. The van der Waals surface area contributed by atoms with Gasteiger partial charge in [0.15, 0.2) is 0 Å². The maximum Gasteiger partial charge on any atom is 0.208 e. The highest BCUT2D eigenvalue weighted by Gasteiger charge is 2.27. The second-order valence-corrected chi connectivity index (χ2v) is 4.45. The lowest BCUT2D eigenvalue weighted by atomic mass is 10.2. The van der Waals surface area contributed by atoms with Gasteiger partial charge in [0.25, 0.3) is 0 Å². The van der Waals surface area contributed by atoms with Gasteiger partial charge >= 0.3 is 0 Å². The van der Waals surface area contributed by atoms with Crippen molar-refractivity contribution in [3.05, 3.63) is 5.51 Å². The largest absolute Gasteiger partial charge is 0.373 e. The Morgan fingerprint density at radius 3 is 3.29 bits per heavy atom. The Labute approximate surface area is 91.8 Å². The van der Waals surface area contributed by atoms with E-state index in [1.807, 2.05) is 0 Å². The third-order valence-corrected chi connectivity index (χ3v) is 3.34. The van der Waals surface area contributed by atoms with Crippen LogP contribution >= 0.6 is 22.9 Å². The first-order valence-electron chi connectivity index (χ1n) is 4.51. The molecule has 1 aromatic heterocycles. The molecule has 2 heterocycles. The highest BCUT2D eigenvalue weighted by atomic mass is 35.5. The number of rotatable bonds is 2. The second-order valence-electron chi connectivity index (χ2n) is 3.33. The Balaban J connectivity index is 2.09. The molecule has 1 aromatic rings. The van der Waals surface area contributed by atoms with Crippen molar-refractivity contribution in [3.63, 3.8) is 0 Å². The summed E-state index contributed by atoms with van der Waals surface area (Å²) in [5.74, 6) is 0.530. The molecule has 1 aliphatic heterocycles. The smallest absolute Gasteiger partial charge is 0.208 e. The first-order chi connectivity index (χ1) is 6.81. The van der Waals surface area contributed by atoms with Gasteiger partial charge in [-0.05, 0) is 6.92 Å². The summed E-state index contributed by atoms with van der Waals surface area (Å²) >= 11 is 7.32. The van der Waals surface area contributed by atoms with E-state index in [-0.39, 0.29) is 6.10 Å². The van der Waals surface area contributed by atoms with E-state index < -0.39 is 0 Å². The molecule has 0 radical (unpaired) electrons. The molecule has 0 amide bonds. The van der Waals surface area contributed by atoms with Gasteiger partial charge in [-0.2, -0.15) is 0 Å². The van der Waals surface area contributed by atoms with Gasteiger partial charge in [0.1, 0.15) is 5.51 Å². The number of alkyl halides is 1. The van der Waals surface area contributed by atoms with Crippen LogP contribution in [0.1, 0.15) is 6.92 Å². The standard InChI is InChI=1S/C8H12ClN3OS/c1-6-4-13-7(2-9)3-12(6)8-11-10-5-14-8/h5-7H,2-4H2,1H3. The first-order valence-corrected chi connectivity index (χ1v) is 5.93. The van der Waals surface area contributed by atoms with E-state index in [2.05, 4.69) is 22.0 Å². The number of aromatic nitrogens is 2. The second kappa shape index (κ2) is 4.42. The van der Waals surface area contributed by atoms with Gasteiger partial charge in [0.2, 0.25) is 5.13 Å². The zero-order chi connectivity index (χ0) is 9.97. The molecule has 6 heteroatoms. The Hall–Kier alpha value is -0.390. The molecule has 0 bridgehead atoms. The summed E-state index contributed by atoms with van der Waals surface area (Å²) in [5.41, 5.74) is 1.74. The third-order valence-electron chi connectivity index (χ3n) is 2.27. The molecule has 78 valence electrons. The van der Waals surface area contributed by atoms with Crippen LogP contribution in [0.3, 0.4) is 0 Å². The molecular formula is C8H12ClN3OS. The molecule has 1 saturated heterocycles. The van der Waals surface area contributed by atoms with Crippen LogP contribution < -0.4 is 4.90 Å². The van der Waals surface area contributed by atoms with Crippen molar-refractivity contribution < 1.29 is 4.74 Å². The summed E-state index contributed by atoms with van der Waals surface area (Å²) < 4.78 is 5.55. The third kappa shape index (κ3) is 1.99. The van der Waals surface area contributed by atoms with Gasteiger partial charge in [-0.25, -0.2) is 0 Å². The molecule has 2 rings (SSSR count). The minimum Gasteiger partial charge on any atom is -0.373 e. The summed E-state index contributed by atoms with van der Waals surface area (Å²) in [4.78, 5) is 2.20. The van der Waals surface area contributed by atoms with Crippen molar-refractivity contribution in [2.45, 2.75) is 19.1 Å². The molecule has 14 heavy (non-hydrogen) atoms. The zero-order valence-electron chi connectivity index (χ0n) is 7.89. The molecule has 0 aliphatic carbocycles. The summed E-state index contributed by atoms with van der Waals surface area (Å²) in [6.07, 6.45) is 0.108. The molecule has 2 unspecified atom stereocenters. The van der Waals surface area contributed by atoms with Crippen LogP contribution in [-0.4, -0.2) is 41.4 Å². The van der Waals surface area contributed by atoms with Crippen LogP contribution in [0.25, 0.3) is 0 Å². The molecule has 0 N–H and O–H groups in total. The molecule has 2 atom stereocenters. The topological polar surface area (TPSA) is 38.2 Å². The van der Waals surface area contributed by atoms with E-state index in [4.69, 9.17) is 16.3 Å². The van der Waals surface area contributed by atoms with Gasteiger partial charge in [-0.3, -0.25) is 0 Å². The van der Waals surface area contributed by atoms with E-state index in [1.54, 1.807) is 16.8 Å². The van der Waals surface area contributed by atoms with Gasteiger partial charge in [-0.15, -0.1) is 21.8 Å². The zero-order valence-corrected chi connectivity index (χ0v) is 9.46. The average molecular weight is 234 g/mol. The van der Waals surface area contributed by atoms with Crippen LogP contribution in [0.2, 0.25) is 0 Å². The molecule has 0 aromatic carbocycles. The highest BCUT2D eigenvalue weighted by Crippen LogP contribution is 2.22. The quantitative estimate of drug-likeness (QED) is 0.724. The highest BCUT2D eigenvalue weighted by molar-refractivity contribution is 7.13. The fourth-order valence-electron chi connectivity index (χ4n) is 1.47. The number of hydrogen-bond donors (Lipinski definition) is 0. The maximum absolute atomic E-state index is 5.77. The van der Waals surface area contributed by atoms with E-state index in [0.29, 0.717) is 18.5 Å². The van der Waals surface area contributed by atoms with E-state index in [1.165, 1.54) is 0 Å². The molecule has 1 aliphatic rings.